The van der Waals surface area contributed by atoms with Crippen LogP contribution in [0.3, 0.4) is 0 Å². The van der Waals surface area contributed by atoms with E-state index in [-0.39, 0.29) is 5.78 Å². The van der Waals surface area contributed by atoms with Crippen molar-refractivity contribution in [1.82, 2.24) is 0 Å². The maximum absolute atomic E-state index is 12.1. The molecule has 5 heteroatoms. The van der Waals surface area contributed by atoms with Crippen molar-refractivity contribution < 1.29 is 23.7 Å². The van der Waals surface area contributed by atoms with Gasteiger partial charge in [-0.3, -0.25) is 4.79 Å². The molecule has 1 rings (SSSR count). The zero-order valence-electron chi connectivity index (χ0n) is 12.3. The molecule has 1 aromatic carbocycles. The summed E-state index contributed by atoms with van der Waals surface area (Å²) in [6.07, 6.45) is -0.491. The van der Waals surface area contributed by atoms with E-state index in [1.54, 1.807) is 45.4 Å². The molecule has 1 atom stereocenters. The van der Waals surface area contributed by atoms with Crippen LogP contribution in [-0.4, -0.2) is 52.5 Å². The summed E-state index contributed by atoms with van der Waals surface area (Å²) in [4.78, 5) is 12.1. The van der Waals surface area contributed by atoms with E-state index in [0.717, 1.165) is 5.75 Å². The number of Topliss-reactive ketones (excluding diaryl/α,β-unsaturated/α-hetero) is 1. The van der Waals surface area contributed by atoms with E-state index in [0.29, 0.717) is 32.0 Å². The average Bonchev–Trinajstić information content (AvgIpc) is 2.50. The van der Waals surface area contributed by atoms with Gasteiger partial charge in [0.15, 0.2) is 5.78 Å². The van der Waals surface area contributed by atoms with E-state index in [2.05, 4.69) is 0 Å². The molecular formula is C15H22O5. The Bertz CT molecular complexity index is 388. The SMILES string of the molecule is COCCOCCOC(C)C(=O)c1ccc(OC)cc1. The van der Waals surface area contributed by atoms with Gasteiger partial charge in [-0.2, -0.15) is 0 Å². The third-order valence-electron chi connectivity index (χ3n) is 2.77. The summed E-state index contributed by atoms with van der Waals surface area (Å²) in [7, 11) is 3.21. The van der Waals surface area contributed by atoms with E-state index in [1.165, 1.54) is 0 Å². The average molecular weight is 282 g/mol. The fraction of sp³-hybridized carbons (Fsp3) is 0.533. The van der Waals surface area contributed by atoms with Gasteiger partial charge in [-0.05, 0) is 31.2 Å². The molecule has 0 saturated heterocycles. The van der Waals surface area contributed by atoms with Crippen LogP contribution in [0.15, 0.2) is 24.3 Å². The number of benzene rings is 1. The summed E-state index contributed by atoms with van der Waals surface area (Å²) in [6.45, 7) is 3.65. The van der Waals surface area contributed by atoms with Gasteiger partial charge in [-0.15, -0.1) is 0 Å². The van der Waals surface area contributed by atoms with Gasteiger partial charge >= 0.3 is 0 Å². The predicted octanol–water partition coefficient (Wildman–Crippen LogP) is 1.95. The minimum atomic E-state index is -0.491. The zero-order valence-corrected chi connectivity index (χ0v) is 12.3. The van der Waals surface area contributed by atoms with E-state index in [9.17, 15) is 4.79 Å². The molecule has 0 radical (unpaired) electrons. The van der Waals surface area contributed by atoms with Crippen LogP contribution in [0.25, 0.3) is 0 Å². The first-order valence-electron chi connectivity index (χ1n) is 6.55. The molecule has 0 aromatic heterocycles. The minimum Gasteiger partial charge on any atom is -0.497 e. The number of hydrogen-bond donors (Lipinski definition) is 0. The van der Waals surface area contributed by atoms with Crippen LogP contribution in [0, 0.1) is 0 Å². The number of carbonyl (C=O) groups is 1. The van der Waals surface area contributed by atoms with Crippen molar-refractivity contribution in [3.63, 3.8) is 0 Å². The molecule has 1 aromatic rings. The maximum Gasteiger partial charge on any atom is 0.191 e. The number of methoxy groups -OCH3 is 2. The first kappa shape index (κ1) is 16.6. The highest BCUT2D eigenvalue weighted by Crippen LogP contribution is 2.13. The molecular weight excluding hydrogens is 260 g/mol. The molecule has 0 heterocycles. The lowest BCUT2D eigenvalue weighted by molar-refractivity contribution is 0.00355. The van der Waals surface area contributed by atoms with Gasteiger partial charge in [0.1, 0.15) is 11.9 Å². The van der Waals surface area contributed by atoms with Crippen molar-refractivity contribution in [3.8, 4) is 5.75 Å². The van der Waals surface area contributed by atoms with Gasteiger partial charge in [0.25, 0.3) is 0 Å². The second-order valence-corrected chi connectivity index (χ2v) is 4.21. The number of hydrogen-bond acceptors (Lipinski definition) is 5. The molecule has 0 bridgehead atoms. The molecule has 0 aliphatic heterocycles. The van der Waals surface area contributed by atoms with E-state index < -0.39 is 6.10 Å². The molecule has 0 aliphatic rings. The standard InChI is InChI=1S/C15H22O5/c1-12(20-11-10-19-9-8-17-2)15(16)13-4-6-14(18-3)7-5-13/h4-7,12H,8-11H2,1-3H3. The quantitative estimate of drug-likeness (QED) is 0.485. The summed E-state index contributed by atoms with van der Waals surface area (Å²) in [5.41, 5.74) is 0.610. The predicted molar refractivity (Wildman–Crippen MR) is 75.4 cm³/mol. The molecule has 0 saturated carbocycles. The summed E-state index contributed by atoms with van der Waals surface area (Å²) in [6, 6.07) is 6.98. The summed E-state index contributed by atoms with van der Waals surface area (Å²) in [5.74, 6) is 0.672. The maximum atomic E-state index is 12.1. The van der Waals surface area contributed by atoms with Crippen LogP contribution >= 0.6 is 0 Å². The van der Waals surface area contributed by atoms with Gasteiger partial charge in [-0.1, -0.05) is 0 Å². The van der Waals surface area contributed by atoms with Crippen molar-refractivity contribution in [2.75, 3.05) is 40.6 Å². The Balaban J connectivity index is 2.31. The summed E-state index contributed by atoms with van der Waals surface area (Å²) in [5, 5.41) is 0. The van der Waals surface area contributed by atoms with E-state index >= 15 is 0 Å². The first-order chi connectivity index (χ1) is 9.69. The smallest absolute Gasteiger partial charge is 0.191 e. The lowest BCUT2D eigenvalue weighted by Crippen LogP contribution is -2.23. The van der Waals surface area contributed by atoms with Crippen molar-refractivity contribution in [3.05, 3.63) is 29.8 Å². The Kier molecular flexibility index (Phi) is 7.87. The number of carbonyl (C=O) groups excluding carboxylic acids is 1. The Hall–Kier alpha value is -1.43. The number of ketones is 1. The second-order valence-electron chi connectivity index (χ2n) is 4.21. The third-order valence-corrected chi connectivity index (χ3v) is 2.77. The van der Waals surface area contributed by atoms with Crippen molar-refractivity contribution in [2.45, 2.75) is 13.0 Å². The van der Waals surface area contributed by atoms with Crippen LogP contribution in [0.2, 0.25) is 0 Å². The van der Waals surface area contributed by atoms with Crippen LogP contribution in [0.1, 0.15) is 17.3 Å². The van der Waals surface area contributed by atoms with Gasteiger partial charge < -0.3 is 18.9 Å². The Labute approximate surface area is 119 Å². The molecule has 112 valence electrons. The zero-order chi connectivity index (χ0) is 14.8. The highest BCUT2D eigenvalue weighted by Gasteiger charge is 2.15. The highest BCUT2D eigenvalue weighted by molar-refractivity contribution is 5.99. The Morgan fingerprint density at radius 1 is 1.05 bits per heavy atom. The van der Waals surface area contributed by atoms with Gasteiger partial charge in [0.05, 0.1) is 33.5 Å². The Morgan fingerprint density at radius 3 is 2.30 bits per heavy atom. The summed E-state index contributed by atoms with van der Waals surface area (Å²) >= 11 is 0. The lowest BCUT2D eigenvalue weighted by Gasteiger charge is -2.12. The number of rotatable bonds is 10. The normalized spacial score (nSPS) is 12.2. The van der Waals surface area contributed by atoms with Gasteiger partial charge in [-0.25, -0.2) is 0 Å². The molecule has 0 amide bonds. The van der Waals surface area contributed by atoms with Crippen LogP contribution in [0.4, 0.5) is 0 Å². The molecule has 20 heavy (non-hydrogen) atoms. The summed E-state index contributed by atoms with van der Waals surface area (Å²) < 4.78 is 20.6. The molecule has 0 fully saturated rings. The van der Waals surface area contributed by atoms with Crippen LogP contribution in [0.5, 0.6) is 5.75 Å². The van der Waals surface area contributed by atoms with Crippen molar-refractivity contribution in [1.29, 1.82) is 0 Å². The third kappa shape index (κ3) is 5.69. The van der Waals surface area contributed by atoms with Crippen molar-refractivity contribution in [2.24, 2.45) is 0 Å². The monoisotopic (exact) mass is 282 g/mol. The van der Waals surface area contributed by atoms with Crippen LogP contribution in [-0.2, 0) is 14.2 Å². The van der Waals surface area contributed by atoms with Crippen LogP contribution < -0.4 is 4.74 Å². The van der Waals surface area contributed by atoms with Gasteiger partial charge in [0, 0.05) is 12.7 Å². The lowest BCUT2D eigenvalue weighted by atomic mass is 10.1. The Morgan fingerprint density at radius 2 is 1.70 bits per heavy atom. The fourth-order valence-electron chi connectivity index (χ4n) is 1.59. The minimum absolute atomic E-state index is 0.0513. The largest absolute Gasteiger partial charge is 0.497 e. The molecule has 0 spiro atoms. The van der Waals surface area contributed by atoms with E-state index in [1.807, 2.05) is 0 Å². The highest BCUT2D eigenvalue weighted by atomic mass is 16.5. The topological polar surface area (TPSA) is 54.0 Å². The second kappa shape index (κ2) is 9.47. The first-order valence-corrected chi connectivity index (χ1v) is 6.55. The molecule has 0 aliphatic carbocycles. The fourth-order valence-corrected chi connectivity index (χ4v) is 1.59. The molecule has 5 nitrogen and oxygen atoms in total. The molecule has 1 unspecified atom stereocenters. The van der Waals surface area contributed by atoms with Crippen molar-refractivity contribution >= 4 is 5.78 Å². The molecule has 0 N–H and O–H groups in total. The van der Waals surface area contributed by atoms with Gasteiger partial charge in [0.2, 0.25) is 0 Å². The van der Waals surface area contributed by atoms with E-state index in [4.69, 9.17) is 18.9 Å². The number of ether oxygens (including phenoxy) is 4.